The molecule has 0 bridgehead atoms. The molecule has 0 unspecified atom stereocenters. The fourth-order valence-corrected chi connectivity index (χ4v) is 5.46. The summed E-state index contributed by atoms with van der Waals surface area (Å²) < 4.78 is 12.3. The van der Waals surface area contributed by atoms with Crippen molar-refractivity contribution in [1.29, 1.82) is 0 Å². The van der Waals surface area contributed by atoms with E-state index in [-0.39, 0.29) is 41.5 Å². The van der Waals surface area contributed by atoms with Crippen LogP contribution in [-0.2, 0) is 25.4 Å². The Hall–Kier alpha value is -1.99. The topological polar surface area (TPSA) is 72.9 Å². The van der Waals surface area contributed by atoms with Crippen molar-refractivity contribution in [2.24, 2.45) is 11.8 Å². The number of likely N-dealkylation sites (tertiary alicyclic amines) is 1. The highest BCUT2D eigenvalue weighted by Crippen LogP contribution is 2.39. The Bertz CT molecular complexity index is 805. The number of piperidine rings is 1. The van der Waals surface area contributed by atoms with Gasteiger partial charge in [0.1, 0.15) is 18.7 Å². The molecule has 34 heavy (non-hydrogen) atoms. The molecule has 1 amide bonds. The van der Waals surface area contributed by atoms with Gasteiger partial charge in [-0.15, -0.1) is 0 Å². The Morgan fingerprint density at radius 1 is 1.18 bits per heavy atom. The molecule has 2 rings (SSSR count). The maximum atomic E-state index is 12.9. The summed E-state index contributed by atoms with van der Waals surface area (Å²) in [5.74, 6) is 0.439. The van der Waals surface area contributed by atoms with Crippen molar-refractivity contribution in [3.63, 3.8) is 0 Å². The number of ketones is 1. The molecule has 6 nitrogen and oxygen atoms in total. The van der Waals surface area contributed by atoms with E-state index in [1.54, 1.807) is 4.90 Å². The van der Waals surface area contributed by atoms with Crippen LogP contribution in [0.1, 0.15) is 65.4 Å². The Kier molecular flexibility index (Phi) is 10.5. The summed E-state index contributed by atoms with van der Waals surface area (Å²) in [4.78, 5) is 37.8. The number of ether oxygens (including phenoxy) is 1. The van der Waals surface area contributed by atoms with Crippen LogP contribution >= 0.6 is 0 Å². The quantitative estimate of drug-likeness (QED) is 0.281. The van der Waals surface area contributed by atoms with Crippen molar-refractivity contribution < 1.29 is 23.5 Å². The molecule has 190 valence electrons. The molecule has 1 aromatic rings. The molecule has 1 heterocycles. The molecule has 1 saturated heterocycles. The van der Waals surface area contributed by atoms with Crippen LogP contribution in [0.2, 0.25) is 18.1 Å². The van der Waals surface area contributed by atoms with Crippen molar-refractivity contribution in [1.82, 2.24) is 4.90 Å². The highest BCUT2D eigenvalue weighted by Gasteiger charge is 2.41. The van der Waals surface area contributed by atoms with Crippen LogP contribution in [0, 0.1) is 11.8 Å². The second kappa shape index (κ2) is 12.6. The summed E-state index contributed by atoms with van der Waals surface area (Å²) in [6.45, 7) is 14.4. The normalized spacial score (nSPS) is 20.0. The van der Waals surface area contributed by atoms with Crippen molar-refractivity contribution in [2.45, 2.75) is 90.6 Å². The van der Waals surface area contributed by atoms with Crippen LogP contribution in [0.3, 0.4) is 0 Å². The second-order valence-electron chi connectivity index (χ2n) is 11.3. The van der Waals surface area contributed by atoms with E-state index in [4.69, 9.17) is 9.16 Å². The zero-order chi connectivity index (χ0) is 25.4. The lowest BCUT2D eigenvalue weighted by atomic mass is 9.89. The van der Waals surface area contributed by atoms with Gasteiger partial charge in [0.2, 0.25) is 0 Å². The lowest BCUT2D eigenvalue weighted by Crippen LogP contribution is -2.52. The van der Waals surface area contributed by atoms with Crippen LogP contribution in [0.5, 0.6) is 0 Å². The summed E-state index contributed by atoms with van der Waals surface area (Å²) in [6.07, 6.45) is 3.35. The Labute approximate surface area is 206 Å². The predicted molar refractivity (Wildman–Crippen MR) is 137 cm³/mol. The van der Waals surface area contributed by atoms with Gasteiger partial charge in [0, 0.05) is 32.4 Å². The van der Waals surface area contributed by atoms with Gasteiger partial charge in [0.25, 0.3) is 0 Å². The maximum absolute atomic E-state index is 12.9. The first-order chi connectivity index (χ1) is 15.9. The SMILES string of the molecule is C[C@H](CC=O)CC(=O)CC[C@H]1C[C@H](O[Si](C)(C)C(C)(C)C)CN(C(=O)OCc2ccccc2)C1. The number of Topliss-reactive ketones (excluding diaryl/α,β-unsaturated/α-hetero) is 1. The lowest BCUT2D eigenvalue weighted by Gasteiger charge is -2.44. The Morgan fingerprint density at radius 2 is 1.85 bits per heavy atom. The van der Waals surface area contributed by atoms with Crippen LogP contribution in [-0.4, -0.2) is 50.6 Å². The predicted octanol–water partition coefficient (Wildman–Crippen LogP) is 6.00. The molecule has 0 radical (unpaired) electrons. The van der Waals surface area contributed by atoms with Crippen LogP contribution < -0.4 is 0 Å². The van der Waals surface area contributed by atoms with Gasteiger partial charge in [0.15, 0.2) is 8.32 Å². The van der Waals surface area contributed by atoms with Gasteiger partial charge >= 0.3 is 6.09 Å². The highest BCUT2D eigenvalue weighted by molar-refractivity contribution is 6.74. The Balaban J connectivity index is 2.03. The van der Waals surface area contributed by atoms with E-state index in [1.807, 2.05) is 37.3 Å². The first kappa shape index (κ1) is 28.2. The van der Waals surface area contributed by atoms with Crippen LogP contribution in [0.25, 0.3) is 0 Å². The van der Waals surface area contributed by atoms with Crippen molar-refractivity contribution in [3.05, 3.63) is 35.9 Å². The third-order valence-corrected chi connectivity index (χ3v) is 11.7. The molecular weight excluding hydrogens is 446 g/mol. The lowest BCUT2D eigenvalue weighted by molar-refractivity contribution is -0.120. The zero-order valence-electron chi connectivity index (χ0n) is 21.8. The summed E-state index contributed by atoms with van der Waals surface area (Å²) in [7, 11) is -2.01. The number of amides is 1. The van der Waals surface area contributed by atoms with E-state index in [2.05, 4.69) is 33.9 Å². The summed E-state index contributed by atoms with van der Waals surface area (Å²) in [5.41, 5.74) is 0.952. The van der Waals surface area contributed by atoms with Crippen molar-refractivity contribution >= 4 is 26.5 Å². The average molecular weight is 490 g/mol. The molecule has 1 aliphatic rings. The molecule has 3 atom stereocenters. The van der Waals surface area contributed by atoms with Crippen LogP contribution in [0.15, 0.2) is 30.3 Å². The first-order valence-corrected chi connectivity index (χ1v) is 15.4. The molecule has 0 aliphatic carbocycles. The van der Waals surface area contributed by atoms with Gasteiger partial charge in [-0.2, -0.15) is 0 Å². The minimum absolute atomic E-state index is 0.0620. The number of rotatable bonds is 11. The van der Waals surface area contributed by atoms with Crippen molar-refractivity contribution in [3.8, 4) is 0 Å². The van der Waals surface area contributed by atoms with Gasteiger partial charge in [-0.25, -0.2) is 4.79 Å². The fraction of sp³-hybridized carbons (Fsp3) is 0.667. The van der Waals surface area contributed by atoms with Crippen molar-refractivity contribution in [2.75, 3.05) is 13.1 Å². The molecule has 7 heteroatoms. The first-order valence-electron chi connectivity index (χ1n) is 12.5. The van der Waals surface area contributed by atoms with Gasteiger partial charge in [-0.3, -0.25) is 4.79 Å². The second-order valence-corrected chi connectivity index (χ2v) is 16.1. The third kappa shape index (κ3) is 8.99. The standard InChI is InChI=1S/C27H43NO5Si/c1-21(14-15-29)16-24(30)13-12-23-17-25(33-34(5,6)27(2,3)4)19-28(18-23)26(31)32-20-22-10-8-7-9-11-22/h7-11,15,21,23,25H,12-14,16-20H2,1-6H3/t21-,23+,25+/m1/s1. The number of benzene rings is 1. The number of hydrogen-bond acceptors (Lipinski definition) is 5. The van der Waals surface area contributed by atoms with E-state index in [0.717, 1.165) is 18.3 Å². The van der Waals surface area contributed by atoms with E-state index in [9.17, 15) is 14.4 Å². The third-order valence-electron chi connectivity index (χ3n) is 7.14. The van der Waals surface area contributed by atoms with E-state index < -0.39 is 8.32 Å². The van der Waals surface area contributed by atoms with E-state index in [0.29, 0.717) is 38.8 Å². The zero-order valence-corrected chi connectivity index (χ0v) is 22.8. The summed E-state index contributed by atoms with van der Waals surface area (Å²) >= 11 is 0. The molecule has 0 saturated carbocycles. The van der Waals surface area contributed by atoms with Gasteiger partial charge < -0.3 is 18.9 Å². The molecule has 1 fully saturated rings. The molecular formula is C27H43NO5Si. The molecule has 0 spiro atoms. The maximum Gasteiger partial charge on any atom is 0.410 e. The number of nitrogens with zero attached hydrogens (tertiary/aromatic N) is 1. The smallest absolute Gasteiger partial charge is 0.410 e. The minimum Gasteiger partial charge on any atom is -0.445 e. The number of carbonyl (C=O) groups excluding carboxylic acids is 3. The van der Waals surface area contributed by atoms with E-state index in [1.165, 1.54) is 0 Å². The highest BCUT2D eigenvalue weighted by atomic mass is 28.4. The summed E-state index contributed by atoms with van der Waals surface area (Å²) in [6, 6.07) is 9.66. The fourth-order valence-electron chi connectivity index (χ4n) is 4.10. The van der Waals surface area contributed by atoms with Gasteiger partial charge in [-0.05, 0) is 48.4 Å². The number of hydrogen-bond donors (Lipinski definition) is 0. The largest absolute Gasteiger partial charge is 0.445 e. The summed E-state index contributed by atoms with van der Waals surface area (Å²) in [5, 5.41) is 0.0727. The monoisotopic (exact) mass is 489 g/mol. The molecule has 0 aromatic heterocycles. The van der Waals surface area contributed by atoms with E-state index >= 15 is 0 Å². The van der Waals surface area contributed by atoms with Gasteiger partial charge in [-0.1, -0.05) is 58.0 Å². The molecule has 0 N–H and O–H groups in total. The molecule has 1 aliphatic heterocycles. The average Bonchev–Trinajstić information content (AvgIpc) is 2.75. The van der Waals surface area contributed by atoms with Gasteiger partial charge in [0.05, 0.1) is 6.10 Å². The number of carbonyl (C=O) groups is 3. The number of aldehydes is 1. The molecule has 1 aromatic carbocycles. The minimum atomic E-state index is -2.01. The Morgan fingerprint density at radius 3 is 2.47 bits per heavy atom. The van der Waals surface area contributed by atoms with Crippen LogP contribution in [0.4, 0.5) is 4.79 Å².